The van der Waals surface area contributed by atoms with Gasteiger partial charge in [0.1, 0.15) is 5.58 Å². The molecule has 0 N–H and O–H groups in total. The van der Waals surface area contributed by atoms with Crippen molar-refractivity contribution in [3.05, 3.63) is 47.8 Å². The van der Waals surface area contributed by atoms with Crippen molar-refractivity contribution in [3.8, 4) is 0 Å². The SMILES string of the molecule is CCc1noc(Cc2ccc3occc3c2)n1. The van der Waals surface area contributed by atoms with Crippen molar-refractivity contribution < 1.29 is 8.94 Å². The van der Waals surface area contributed by atoms with Gasteiger partial charge in [-0.2, -0.15) is 4.98 Å². The Morgan fingerprint density at radius 3 is 3.00 bits per heavy atom. The molecule has 0 aliphatic rings. The van der Waals surface area contributed by atoms with Crippen LogP contribution >= 0.6 is 0 Å². The van der Waals surface area contributed by atoms with Crippen LogP contribution in [0.4, 0.5) is 0 Å². The van der Waals surface area contributed by atoms with Crippen molar-refractivity contribution in [2.75, 3.05) is 0 Å². The first-order chi connectivity index (χ1) is 8.35. The molecule has 3 aromatic rings. The first kappa shape index (κ1) is 10.1. The Hall–Kier alpha value is -2.10. The zero-order chi connectivity index (χ0) is 11.7. The Labute approximate surface area is 98.2 Å². The summed E-state index contributed by atoms with van der Waals surface area (Å²) < 4.78 is 10.5. The molecule has 4 heteroatoms. The molecule has 3 rings (SSSR count). The third-order valence-electron chi connectivity index (χ3n) is 2.70. The maximum Gasteiger partial charge on any atom is 0.231 e. The van der Waals surface area contributed by atoms with E-state index < -0.39 is 0 Å². The van der Waals surface area contributed by atoms with Crippen molar-refractivity contribution in [3.63, 3.8) is 0 Å². The molecule has 0 amide bonds. The van der Waals surface area contributed by atoms with E-state index in [2.05, 4.69) is 16.2 Å². The van der Waals surface area contributed by atoms with E-state index in [4.69, 9.17) is 8.94 Å². The molecule has 0 spiro atoms. The maximum atomic E-state index is 5.29. The van der Waals surface area contributed by atoms with Crippen LogP contribution in [0.5, 0.6) is 0 Å². The second-order valence-electron chi connectivity index (χ2n) is 3.93. The van der Waals surface area contributed by atoms with Gasteiger partial charge >= 0.3 is 0 Å². The number of rotatable bonds is 3. The lowest BCUT2D eigenvalue weighted by Crippen LogP contribution is -1.89. The summed E-state index contributed by atoms with van der Waals surface area (Å²) in [5, 5.41) is 4.97. The van der Waals surface area contributed by atoms with Crippen molar-refractivity contribution in [2.45, 2.75) is 19.8 Å². The van der Waals surface area contributed by atoms with Gasteiger partial charge in [-0.25, -0.2) is 0 Å². The van der Waals surface area contributed by atoms with Crippen LogP contribution in [-0.4, -0.2) is 10.1 Å². The Morgan fingerprint density at radius 1 is 1.24 bits per heavy atom. The van der Waals surface area contributed by atoms with Gasteiger partial charge in [0.05, 0.1) is 12.7 Å². The molecule has 2 heterocycles. The fraction of sp³-hybridized carbons (Fsp3) is 0.231. The maximum absolute atomic E-state index is 5.29. The van der Waals surface area contributed by atoms with Gasteiger partial charge in [-0.05, 0) is 23.8 Å². The van der Waals surface area contributed by atoms with Crippen molar-refractivity contribution in [1.82, 2.24) is 10.1 Å². The number of fused-ring (bicyclic) bond motifs is 1. The van der Waals surface area contributed by atoms with Gasteiger partial charge in [0.2, 0.25) is 5.89 Å². The molecule has 4 nitrogen and oxygen atoms in total. The third kappa shape index (κ3) is 1.93. The standard InChI is InChI=1S/C13H12N2O2/c1-2-12-14-13(17-15-12)8-9-3-4-11-10(7-9)5-6-16-11/h3-7H,2,8H2,1H3. The van der Waals surface area contributed by atoms with Gasteiger partial charge in [-0.1, -0.05) is 18.1 Å². The van der Waals surface area contributed by atoms with Crippen LogP contribution in [0.3, 0.4) is 0 Å². The van der Waals surface area contributed by atoms with Crippen molar-refractivity contribution in [1.29, 1.82) is 0 Å². The predicted molar refractivity (Wildman–Crippen MR) is 62.7 cm³/mol. The average Bonchev–Trinajstić information content (AvgIpc) is 2.96. The van der Waals surface area contributed by atoms with Gasteiger partial charge in [0, 0.05) is 11.8 Å². The zero-order valence-electron chi connectivity index (χ0n) is 9.51. The summed E-state index contributed by atoms with van der Waals surface area (Å²) in [6.07, 6.45) is 3.15. The van der Waals surface area contributed by atoms with E-state index in [0.29, 0.717) is 12.3 Å². The van der Waals surface area contributed by atoms with Crippen LogP contribution in [0.15, 0.2) is 39.5 Å². The first-order valence-electron chi connectivity index (χ1n) is 5.63. The van der Waals surface area contributed by atoms with Gasteiger partial charge in [-0.15, -0.1) is 0 Å². The molecule has 0 radical (unpaired) electrons. The molecule has 0 saturated heterocycles. The molecule has 0 fully saturated rings. The Bertz CT molecular complexity index is 639. The lowest BCUT2D eigenvalue weighted by atomic mass is 10.1. The molecule has 2 aromatic heterocycles. The second kappa shape index (κ2) is 4.05. The lowest BCUT2D eigenvalue weighted by molar-refractivity contribution is 0.380. The van der Waals surface area contributed by atoms with Crippen LogP contribution in [0.2, 0.25) is 0 Å². The minimum Gasteiger partial charge on any atom is -0.464 e. The third-order valence-corrected chi connectivity index (χ3v) is 2.70. The summed E-state index contributed by atoms with van der Waals surface area (Å²) in [5.74, 6) is 1.41. The monoisotopic (exact) mass is 228 g/mol. The molecule has 17 heavy (non-hydrogen) atoms. The van der Waals surface area contributed by atoms with Crippen LogP contribution in [-0.2, 0) is 12.8 Å². The predicted octanol–water partition coefficient (Wildman–Crippen LogP) is 2.97. The van der Waals surface area contributed by atoms with E-state index in [-0.39, 0.29) is 0 Å². The van der Waals surface area contributed by atoms with Crippen LogP contribution < -0.4 is 0 Å². The molecule has 0 saturated carbocycles. The van der Waals surface area contributed by atoms with E-state index in [0.717, 1.165) is 28.8 Å². The summed E-state index contributed by atoms with van der Waals surface area (Å²) in [7, 11) is 0. The number of benzene rings is 1. The summed E-state index contributed by atoms with van der Waals surface area (Å²) in [4.78, 5) is 4.29. The number of aromatic nitrogens is 2. The fourth-order valence-electron chi connectivity index (χ4n) is 1.81. The highest BCUT2D eigenvalue weighted by molar-refractivity contribution is 5.77. The van der Waals surface area contributed by atoms with Gasteiger partial charge in [-0.3, -0.25) is 0 Å². The topological polar surface area (TPSA) is 52.1 Å². The average molecular weight is 228 g/mol. The minimum atomic E-state index is 0.657. The van der Waals surface area contributed by atoms with Gasteiger partial charge in [0.25, 0.3) is 0 Å². The largest absolute Gasteiger partial charge is 0.464 e. The second-order valence-corrected chi connectivity index (χ2v) is 3.93. The van der Waals surface area contributed by atoms with Gasteiger partial charge in [0.15, 0.2) is 5.82 Å². The van der Waals surface area contributed by atoms with Crippen LogP contribution in [0.1, 0.15) is 24.2 Å². The quantitative estimate of drug-likeness (QED) is 0.691. The number of nitrogens with zero attached hydrogens (tertiary/aromatic N) is 2. The van der Waals surface area contributed by atoms with E-state index >= 15 is 0 Å². The highest BCUT2D eigenvalue weighted by Crippen LogP contribution is 2.18. The molecule has 0 aliphatic carbocycles. The highest BCUT2D eigenvalue weighted by atomic mass is 16.5. The molecule has 86 valence electrons. The van der Waals surface area contributed by atoms with E-state index in [9.17, 15) is 0 Å². The molecule has 1 aromatic carbocycles. The summed E-state index contributed by atoms with van der Waals surface area (Å²) in [5.41, 5.74) is 2.04. The molecular weight excluding hydrogens is 216 g/mol. The Morgan fingerprint density at radius 2 is 2.18 bits per heavy atom. The molecule has 0 unspecified atom stereocenters. The smallest absolute Gasteiger partial charge is 0.231 e. The van der Waals surface area contributed by atoms with Crippen molar-refractivity contribution in [2.24, 2.45) is 0 Å². The van der Waals surface area contributed by atoms with E-state index in [1.165, 1.54) is 0 Å². The summed E-state index contributed by atoms with van der Waals surface area (Å²) >= 11 is 0. The van der Waals surface area contributed by atoms with Crippen LogP contribution in [0, 0.1) is 0 Å². The number of hydrogen-bond acceptors (Lipinski definition) is 4. The number of furan rings is 1. The Balaban J connectivity index is 1.88. The zero-order valence-corrected chi connectivity index (χ0v) is 9.51. The highest BCUT2D eigenvalue weighted by Gasteiger charge is 2.06. The molecule has 0 atom stereocenters. The van der Waals surface area contributed by atoms with E-state index in [1.54, 1.807) is 6.26 Å². The number of hydrogen-bond donors (Lipinski definition) is 0. The fourth-order valence-corrected chi connectivity index (χ4v) is 1.81. The summed E-state index contributed by atoms with van der Waals surface area (Å²) in [6.45, 7) is 2.01. The lowest BCUT2D eigenvalue weighted by Gasteiger charge is -1.96. The molecule has 0 bridgehead atoms. The van der Waals surface area contributed by atoms with E-state index in [1.807, 2.05) is 25.1 Å². The Kier molecular flexibility index (Phi) is 2.40. The first-order valence-corrected chi connectivity index (χ1v) is 5.63. The van der Waals surface area contributed by atoms with Crippen molar-refractivity contribution >= 4 is 11.0 Å². The molecular formula is C13H12N2O2. The molecule has 0 aliphatic heterocycles. The minimum absolute atomic E-state index is 0.657. The van der Waals surface area contributed by atoms with Crippen LogP contribution in [0.25, 0.3) is 11.0 Å². The normalized spacial score (nSPS) is 11.1. The number of aryl methyl sites for hydroxylation is 1. The van der Waals surface area contributed by atoms with Gasteiger partial charge < -0.3 is 8.94 Å². The summed E-state index contributed by atoms with van der Waals surface area (Å²) in [6, 6.07) is 8.00.